The van der Waals surface area contributed by atoms with Crippen molar-refractivity contribution in [2.24, 2.45) is 0 Å². The summed E-state index contributed by atoms with van der Waals surface area (Å²) in [4.78, 5) is 27.3. The molecule has 1 aromatic heterocycles. The normalized spacial score (nSPS) is 12.6. The van der Waals surface area contributed by atoms with Crippen molar-refractivity contribution in [2.75, 3.05) is 7.11 Å². The zero-order valence-electron chi connectivity index (χ0n) is 15.5. The number of ether oxygens (including phenoxy) is 1. The highest BCUT2D eigenvalue weighted by Crippen LogP contribution is 2.15. The molecular weight excluding hydrogens is 358 g/mol. The van der Waals surface area contributed by atoms with Crippen LogP contribution < -0.4 is 19.5 Å². The average Bonchev–Trinajstić information content (AvgIpc) is 3.01. The zero-order chi connectivity index (χ0) is 19.4. The molecule has 0 atom stereocenters. The van der Waals surface area contributed by atoms with Crippen LogP contribution in [-0.4, -0.2) is 17.9 Å². The van der Waals surface area contributed by atoms with Gasteiger partial charge in [-0.15, -0.1) is 11.3 Å². The number of nitrogens with one attached hydrogen (secondary N) is 1. The molecule has 0 bridgehead atoms. The molecule has 0 aliphatic heterocycles. The van der Waals surface area contributed by atoms with Gasteiger partial charge in [0, 0.05) is 11.6 Å². The molecule has 0 saturated heterocycles. The Balaban J connectivity index is 1.89. The molecule has 0 amide bonds. The third-order valence-electron chi connectivity index (χ3n) is 4.22. The lowest BCUT2D eigenvalue weighted by Gasteiger charge is -2.04. The van der Waals surface area contributed by atoms with Crippen LogP contribution in [0.5, 0.6) is 5.75 Å². The van der Waals surface area contributed by atoms with Gasteiger partial charge in [-0.25, -0.2) is 0 Å². The van der Waals surface area contributed by atoms with Gasteiger partial charge in [-0.05, 0) is 47.4 Å². The fourth-order valence-corrected chi connectivity index (χ4v) is 3.50. The van der Waals surface area contributed by atoms with Crippen molar-refractivity contribution in [1.29, 1.82) is 0 Å². The van der Waals surface area contributed by atoms with Crippen LogP contribution in [-0.2, 0) is 0 Å². The van der Waals surface area contributed by atoms with Gasteiger partial charge in [-0.1, -0.05) is 38.1 Å². The molecule has 1 N–H and O–H groups in total. The molecule has 27 heavy (non-hydrogen) atoms. The van der Waals surface area contributed by atoms with E-state index in [1.165, 1.54) is 23.0 Å². The second-order valence-corrected chi connectivity index (χ2v) is 7.57. The molecule has 0 saturated carbocycles. The molecule has 5 heteroatoms. The van der Waals surface area contributed by atoms with Crippen LogP contribution in [0.4, 0.5) is 0 Å². The number of thiazole rings is 1. The van der Waals surface area contributed by atoms with Gasteiger partial charge in [0.25, 0.3) is 5.56 Å². The van der Waals surface area contributed by atoms with Crippen molar-refractivity contribution >= 4 is 29.3 Å². The molecular formula is C22H21NO3S. The minimum Gasteiger partial charge on any atom is -0.497 e. The van der Waals surface area contributed by atoms with Gasteiger partial charge in [-0.3, -0.25) is 9.59 Å². The van der Waals surface area contributed by atoms with E-state index in [1.807, 2.05) is 18.2 Å². The van der Waals surface area contributed by atoms with Crippen LogP contribution in [0.2, 0.25) is 0 Å². The molecule has 0 radical (unpaired) electrons. The quantitative estimate of drug-likeness (QED) is 0.693. The summed E-state index contributed by atoms with van der Waals surface area (Å²) in [7, 11) is 1.58. The number of Topliss-reactive ketones (excluding diaryl/α,β-unsaturated/α-hetero) is 1. The highest BCUT2D eigenvalue weighted by molar-refractivity contribution is 7.07. The van der Waals surface area contributed by atoms with Crippen LogP contribution in [0.1, 0.15) is 41.3 Å². The van der Waals surface area contributed by atoms with Gasteiger partial charge < -0.3 is 9.72 Å². The third kappa shape index (κ3) is 4.63. The van der Waals surface area contributed by atoms with Crippen molar-refractivity contribution in [2.45, 2.75) is 19.8 Å². The molecule has 3 rings (SSSR count). The SMILES string of the molecule is COc1ccc(C(=O)/C=c2/[nH]c(=O)/c(=C/c3ccc(C(C)C)cc3)s2)cc1. The summed E-state index contributed by atoms with van der Waals surface area (Å²) in [5.74, 6) is 0.994. The zero-order valence-corrected chi connectivity index (χ0v) is 16.3. The Bertz CT molecular complexity index is 1100. The second kappa shape index (κ2) is 8.18. The smallest absolute Gasteiger partial charge is 0.266 e. The number of rotatable bonds is 5. The first-order valence-electron chi connectivity index (χ1n) is 8.67. The standard InChI is InChI=1S/C22H21NO3S/c1-14(2)16-6-4-15(5-7-16)12-20-22(25)23-21(27-20)13-19(24)17-8-10-18(26-3)11-9-17/h4-14H,1-3H3,(H,23,25)/b20-12-,21-13-. The predicted octanol–water partition coefficient (Wildman–Crippen LogP) is 3.06. The lowest BCUT2D eigenvalue weighted by molar-refractivity contribution is 0.106. The number of aromatic nitrogens is 1. The molecule has 2 aromatic carbocycles. The van der Waals surface area contributed by atoms with Gasteiger partial charge >= 0.3 is 0 Å². The van der Waals surface area contributed by atoms with E-state index in [-0.39, 0.29) is 11.3 Å². The van der Waals surface area contributed by atoms with Crippen LogP contribution in [0.3, 0.4) is 0 Å². The molecule has 0 fully saturated rings. The van der Waals surface area contributed by atoms with E-state index in [0.29, 0.717) is 26.4 Å². The molecule has 0 unspecified atom stereocenters. The molecule has 3 aromatic rings. The van der Waals surface area contributed by atoms with Crippen molar-refractivity contribution < 1.29 is 9.53 Å². The first kappa shape index (κ1) is 18.9. The predicted molar refractivity (Wildman–Crippen MR) is 110 cm³/mol. The summed E-state index contributed by atoms with van der Waals surface area (Å²) in [5.41, 5.74) is 2.56. The molecule has 0 aliphatic rings. The summed E-state index contributed by atoms with van der Waals surface area (Å²) in [5, 5.41) is 0. The highest BCUT2D eigenvalue weighted by Gasteiger charge is 2.04. The van der Waals surface area contributed by atoms with E-state index in [4.69, 9.17) is 4.74 Å². The van der Waals surface area contributed by atoms with Gasteiger partial charge in [0.05, 0.1) is 16.3 Å². The Labute approximate surface area is 161 Å². The number of carbonyl (C=O) groups excluding carboxylic acids is 1. The number of ketones is 1. The minimum absolute atomic E-state index is 0.164. The van der Waals surface area contributed by atoms with Crippen LogP contribution >= 0.6 is 11.3 Å². The van der Waals surface area contributed by atoms with E-state index in [1.54, 1.807) is 31.4 Å². The summed E-state index contributed by atoms with van der Waals surface area (Å²) in [6.07, 6.45) is 3.29. The molecule has 138 valence electrons. The number of methoxy groups -OCH3 is 1. The van der Waals surface area contributed by atoms with Gasteiger partial charge in [0.15, 0.2) is 5.78 Å². The van der Waals surface area contributed by atoms with Crippen molar-refractivity contribution in [3.05, 3.63) is 84.8 Å². The number of benzene rings is 2. The monoisotopic (exact) mass is 379 g/mol. The van der Waals surface area contributed by atoms with Crippen molar-refractivity contribution in [3.8, 4) is 5.75 Å². The Hall–Kier alpha value is -2.92. The fourth-order valence-electron chi connectivity index (χ4n) is 2.61. The maximum Gasteiger partial charge on any atom is 0.266 e. The Morgan fingerprint density at radius 3 is 2.33 bits per heavy atom. The van der Waals surface area contributed by atoms with Crippen molar-refractivity contribution in [1.82, 2.24) is 4.98 Å². The minimum atomic E-state index is -0.193. The van der Waals surface area contributed by atoms with E-state index in [0.717, 1.165) is 5.56 Å². The van der Waals surface area contributed by atoms with Crippen LogP contribution in [0.15, 0.2) is 53.3 Å². The van der Waals surface area contributed by atoms with Gasteiger partial charge in [0.1, 0.15) is 5.75 Å². The van der Waals surface area contributed by atoms with Crippen molar-refractivity contribution in [3.63, 3.8) is 0 Å². The number of carbonyl (C=O) groups is 1. The Morgan fingerprint density at radius 1 is 1.07 bits per heavy atom. The number of hydrogen-bond donors (Lipinski definition) is 1. The first-order valence-corrected chi connectivity index (χ1v) is 9.49. The lowest BCUT2D eigenvalue weighted by Crippen LogP contribution is -2.20. The summed E-state index contributed by atoms with van der Waals surface area (Å²) >= 11 is 1.27. The largest absolute Gasteiger partial charge is 0.497 e. The number of hydrogen-bond acceptors (Lipinski definition) is 4. The second-order valence-electron chi connectivity index (χ2n) is 6.49. The summed E-state index contributed by atoms with van der Waals surface area (Å²) < 4.78 is 6.20. The summed E-state index contributed by atoms with van der Waals surface area (Å²) in [6.45, 7) is 4.29. The van der Waals surface area contributed by atoms with Gasteiger partial charge in [-0.2, -0.15) is 0 Å². The van der Waals surface area contributed by atoms with Crippen LogP contribution in [0.25, 0.3) is 12.2 Å². The Morgan fingerprint density at radius 2 is 1.74 bits per heavy atom. The molecule has 0 spiro atoms. The fraction of sp³-hybridized carbons (Fsp3) is 0.182. The van der Waals surface area contributed by atoms with Crippen LogP contribution in [0, 0.1) is 0 Å². The van der Waals surface area contributed by atoms with Gasteiger partial charge in [0.2, 0.25) is 0 Å². The molecule has 1 heterocycles. The highest BCUT2D eigenvalue weighted by atomic mass is 32.1. The lowest BCUT2D eigenvalue weighted by atomic mass is 10.0. The van der Waals surface area contributed by atoms with E-state index >= 15 is 0 Å². The number of H-pyrrole nitrogens is 1. The van der Waals surface area contributed by atoms with E-state index < -0.39 is 0 Å². The summed E-state index contributed by atoms with van der Waals surface area (Å²) in [6, 6.07) is 15.0. The first-order chi connectivity index (χ1) is 13.0. The maximum absolute atomic E-state index is 12.4. The molecule has 4 nitrogen and oxygen atoms in total. The topological polar surface area (TPSA) is 59.2 Å². The Kier molecular flexibility index (Phi) is 5.72. The van der Waals surface area contributed by atoms with E-state index in [2.05, 4.69) is 31.0 Å². The van der Waals surface area contributed by atoms with E-state index in [9.17, 15) is 9.59 Å². The number of aromatic amines is 1. The average molecular weight is 379 g/mol. The molecule has 0 aliphatic carbocycles. The third-order valence-corrected chi connectivity index (χ3v) is 5.18. The maximum atomic E-state index is 12.4.